The highest BCUT2D eigenvalue weighted by atomic mass is 32.2. The molecule has 2 aromatic carbocycles. The Morgan fingerprint density at radius 3 is 2.26 bits per heavy atom. The summed E-state index contributed by atoms with van der Waals surface area (Å²) in [6.45, 7) is 3.26. The lowest BCUT2D eigenvalue weighted by Crippen LogP contribution is -2.29. The van der Waals surface area contributed by atoms with E-state index in [0.29, 0.717) is 24.2 Å². The van der Waals surface area contributed by atoms with Gasteiger partial charge in [0.1, 0.15) is 0 Å². The minimum absolute atomic E-state index is 0.0174. The van der Waals surface area contributed by atoms with Gasteiger partial charge in [-0.05, 0) is 42.5 Å². The summed E-state index contributed by atoms with van der Waals surface area (Å²) < 4.78 is 26.4. The van der Waals surface area contributed by atoms with Crippen molar-refractivity contribution < 1.29 is 13.2 Å². The second-order valence-electron chi connectivity index (χ2n) is 6.90. The fourth-order valence-electron chi connectivity index (χ4n) is 3.37. The van der Waals surface area contributed by atoms with Gasteiger partial charge in [0.2, 0.25) is 10.0 Å². The molecule has 1 fully saturated rings. The van der Waals surface area contributed by atoms with Crippen LogP contribution < -0.4 is 5.32 Å². The third kappa shape index (κ3) is 4.96. The molecular formula is C21H26N2O3S. The third-order valence-electron chi connectivity index (χ3n) is 4.94. The van der Waals surface area contributed by atoms with E-state index in [2.05, 4.69) is 5.32 Å². The van der Waals surface area contributed by atoms with Crippen LogP contribution in [0.15, 0.2) is 54.6 Å². The average Bonchev–Trinajstić information content (AvgIpc) is 3.23. The van der Waals surface area contributed by atoms with Crippen LogP contribution >= 0.6 is 0 Å². The molecule has 2 aromatic rings. The molecule has 1 N–H and O–H groups in total. The summed E-state index contributed by atoms with van der Waals surface area (Å²) in [5.74, 6) is -0.170. The molecule has 144 valence electrons. The van der Waals surface area contributed by atoms with Crippen LogP contribution in [0.5, 0.6) is 0 Å². The number of nitrogens with one attached hydrogen (secondary N) is 1. The summed E-state index contributed by atoms with van der Waals surface area (Å²) in [5.41, 5.74) is 2.31. The van der Waals surface area contributed by atoms with Gasteiger partial charge in [-0.2, -0.15) is 0 Å². The third-order valence-corrected chi connectivity index (χ3v) is 6.79. The van der Waals surface area contributed by atoms with Gasteiger partial charge >= 0.3 is 0 Å². The molecule has 1 saturated heterocycles. The molecule has 0 unspecified atom stereocenters. The Labute approximate surface area is 161 Å². The maximum absolute atomic E-state index is 12.6. The average molecular weight is 387 g/mol. The Bertz CT molecular complexity index is 858. The largest absolute Gasteiger partial charge is 0.345 e. The molecule has 1 heterocycles. The highest BCUT2D eigenvalue weighted by Crippen LogP contribution is 2.19. The van der Waals surface area contributed by atoms with E-state index in [0.717, 1.165) is 24.8 Å². The smallest absolute Gasteiger partial charge is 0.251 e. The minimum Gasteiger partial charge on any atom is -0.345 e. The monoisotopic (exact) mass is 386 g/mol. The number of hydrogen-bond acceptors (Lipinski definition) is 3. The zero-order valence-corrected chi connectivity index (χ0v) is 16.4. The van der Waals surface area contributed by atoms with E-state index >= 15 is 0 Å². The first-order valence-electron chi connectivity index (χ1n) is 9.42. The number of rotatable bonds is 7. The van der Waals surface area contributed by atoms with Crippen molar-refractivity contribution >= 4 is 15.9 Å². The molecule has 6 heteroatoms. The minimum atomic E-state index is -3.27. The summed E-state index contributed by atoms with van der Waals surface area (Å²) in [6, 6.07) is 16.7. The summed E-state index contributed by atoms with van der Waals surface area (Å²) >= 11 is 0. The summed E-state index contributed by atoms with van der Waals surface area (Å²) in [4.78, 5) is 12.6. The van der Waals surface area contributed by atoms with Crippen molar-refractivity contribution in [2.45, 2.75) is 38.0 Å². The molecular weight excluding hydrogens is 360 g/mol. The Morgan fingerprint density at radius 2 is 1.67 bits per heavy atom. The maximum Gasteiger partial charge on any atom is 0.251 e. The van der Waals surface area contributed by atoms with Crippen LogP contribution in [0.1, 0.15) is 53.7 Å². The van der Waals surface area contributed by atoms with Crippen LogP contribution in [-0.2, 0) is 15.8 Å². The van der Waals surface area contributed by atoms with Crippen molar-refractivity contribution in [2.24, 2.45) is 0 Å². The van der Waals surface area contributed by atoms with Crippen molar-refractivity contribution in [2.75, 3.05) is 13.1 Å². The summed E-state index contributed by atoms with van der Waals surface area (Å²) in [6.07, 6.45) is 2.65. The molecule has 0 radical (unpaired) electrons. The predicted octanol–water partition coefficient (Wildman–Crippen LogP) is 3.49. The fraction of sp³-hybridized carbons (Fsp3) is 0.381. The van der Waals surface area contributed by atoms with Crippen LogP contribution in [0.3, 0.4) is 0 Å². The zero-order chi connectivity index (χ0) is 19.3. The molecule has 1 atom stereocenters. The van der Waals surface area contributed by atoms with Crippen molar-refractivity contribution in [3.8, 4) is 0 Å². The van der Waals surface area contributed by atoms with Gasteiger partial charge in [-0.25, -0.2) is 12.7 Å². The molecule has 0 spiro atoms. The molecule has 0 aliphatic carbocycles. The lowest BCUT2D eigenvalue weighted by atomic mass is 10.0. The van der Waals surface area contributed by atoms with E-state index in [9.17, 15) is 13.2 Å². The number of nitrogens with zero attached hydrogens (tertiary/aromatic N) is 1. The standard InChI is InChI=1S/C21H26N2O3S/c1-2-20(18-8-4-3-5-9-18)22-21(24)19-12-10-17(11-13-19)16-27(25,26)23-14-6-7-15-23/h3-5,8-13,20H,2,6-7,14-16H2,1H3,(H,22,24)/t20-/m0/s1. The molecule has 0 aromatic heterocycles. The number of hydrogen-bond donors (Lipinski definition) is 1. The molecule has 3 rings (SSSR count). The maximum atomic E-state index is 12.6. The van der Waals surface area contributed by atoms with Gasteiger partial charge in [-0.15, -0.1) is 0 Å². The highest BCUT2D eigenvalue weighted by molar-refractivity contribution is 7.88. The number of benzene rings is 2. The van der Waals surface area contributed by atoms with Crippen molar-refractivity contribution in [1.82, 2.24) is 9.62 Å². The van der Waals surface area contributed by atoms with Crippen LogP contribution in [0, 0.1) is 0 Å². The Morgan fingerprint density at radius 1 is 1.04 bits per heavy atom. The number of carbonyl (C=O) groups excluding carboxylic acids is 1. The van der Waals surface area contributed by atoms with Crippen LogP contribution in [0.25, 0.3) is 0 Å². The van der Waals surface area contributed by atoms with Gasteiger partial charge in [0.15, 0.2) is 0 Å². The number of carbonyl (C=O) groups is 1. The Balaban J connectivity index is 1.65. The van der Waals surface area contributed by atoms with E-state index in [1.165, 1.54) is 0 Å². The molecule has 27 heavy (non-hydrogen) atoms. The zero-order valence-electron chi connectivity index (χ0n) is 15.6. The van der Waals surface area contributed by atoms with Crippen LogP contribution in [-0.4, -0.2) is 31.7 Å². The number of sulfonamides is 1. The quantitative estimate of drug-likeness (QED) is 0.792. The lowest BCUT2D eigenvalue weighted by Gasteiger charge is -2.18. The second-order valence-corrected chi connectivity index (χ2v) is 8.87. The van der Waals surface area contributed by atoms with Crippen LogP contribution in [0.4, 0.5) is 0 Å². The van der Waals surface area contributed by atoms with Crippen molar-refractivity contribution in [1.29, 1.82) is 0 Å². The lowest BCUT2D eigenvalue weighted by molar-refractivity contribution is 0.0935. The molecule has 0 saturated carbocycles. The van der Waals surface area contributed by atoms with E-state index in [4.69, 9.17) is 0 Å². The Hall–Kier alpha value is -2.18. The van der Waals surface area contributed by atoms with Crippen LogP contribution in [0.2, 0.25) is 0 Å². The topological polar surface area (TPSA) is 66.5 Å². The van der Waals surface area contributed by atoms with E-state index < -0.39 is 10.0 Å². The van der Waals surface area contributed by atoms with Gasteiger partial charge in [0.05, 0.1) is 11.8 Å². The molecule has 1 aliphatic heterocycles. The van der Waals surface area contributed by atoms with Gasteiger partial charge < -0.3 is 5.32 Å². The molecule has 5 nitrogen and oxygen atoms in total. The van der Waals surface area contributed by atoms with Crippen molar-refractivity contribution in [3.05, 3.63) is 71.3 Å². The first-order chi connectivity index (χ1) is 13.0. The van der Waals surface area contributed by atoms with Gasteiger partial charge in [0, 0.05) is 18.7 Å². The van der Waals surface area contributed by atoms with Gasteiger partial charge in [0.25, 0.3) is 5.91 Å². The SMILES string of the molecule is CC[C@H](NC(=O)c1ccc(CS(=O)(=O)N2CCCC2)cc1)c1ccccc1. The summed E-state index contributed by atoms with van der Waals surface area (Å²) in [5, 5.41) is 3.05. The first-order valence-corrected chi connectivity index (χ1v) is 11.0. The summed E-state index contributed by atoms with van der Waals surface area (Å²) in [7, 11) is -3.27. The van der Waals surface area contributed by atoms with Crippen molar-refractivity contribution in [3.63, 3.8) is 0 Å². The fourth-order valence-corrected chi connectivity index (χ4v) is 4.98. The predicted molar refractivity (Wildman–Crippen MR) is 107 cm³/mol. The normalized spacial score (nSPS) is 16.2. The molecule has 0 bridgehead atoms. The second kappa shape index (κ2) is 8.67. The van der Waals surface area contributed by atoms with E-state index in [-0.39, 0.29) is 17.7 Å². The number of amides is 1. The first kappa shape index (κ1) is 19.6. The highest BCUT2D eigenvalue weighted by Gasteiger charge is 2.25. The van der Waals surface area contributed by atoms with Gasteiger partial charge in [-0.1, -0.05) is 49.4 Å². The van der Waals surface area contributed by atoms with Gasteiger partial charge in [-0.3, -0.25) is 4.79 Å². The van der Waals surface area contributed by atoms with E-state index in [1.54, 1.807) is 28.6 Å². The Kier molecular flexibility index (Phi) is 6.29. The van der Waals surface area contributed by atoms with E-state index in [1.807, 2.05) is 37.3 Å². The molecule has 1 amide bonds. The molecule has 1 aliphatic rings.